The van der Waals surface area contributed by atoms with E-state index in [1.54, 1.807) is 6.20 Å². The molecule has 0 saturated heterocycles. The predicted octanol–water partition coefficient (Wildman–Crippen LogP) is 4.85. The molecule has 1 amide bonds. The third-order valence-corrected chi connectivity index (χ3v) is 6.53. The summed E-state index contributed by atoms with van der Waals surface area (Å²) < 4.78 is 1.97. The lowest BCUT2D eigenvalue weighted by Crippen LogP contribution is -2.05. The Bertz CT molecular complexity index is 1260. The summed E-state index contributed by atoms with van der Waals surface area (Å²) in [6, 6.07) is 8.14. The molecule has 0 aromatic carbocycles. The number of carbonyl (C=O) groups is 1. The van der Waals surface area contributed by atoms with Gasteiger partial charge in [-0.1, -0.05) is 24.7 Å². The molecule has 1 aliphatic rings. The number of pyridine rings is 2. The fraction of sp³-hybridized carbons (Fsp3) is 0.292. The number of nitrogens with zero attached hydrogens (tertiary/aromatic N) is 5. The van der Waals surface area contributed by atoms with Crippen LogP contribution in [0.25, 0.3) is 27.5 Å². The first-order valence-corrected chi connectivity index (χ1v) is 11.7. The summed E-state index contributed by atoms with van der Waals surface area (Å²) in [5.74, 6) is -0.117. The first kappa shape index (κ1) is 20.5. The van der Waals surface area contributed by atoms with Gasteiger partial charge in [0.25, 0.3) is 0 Å². The van der Waals surface area contributed by atoms with Crippen molar-refractivity contribution in [2.24, 2.45) is 0 Å². The van der Waals surface area contributed by atoms with Crippen molar-refractivity contribution in [1.29, 1.82) is 0 Å². The Labute approximate surface area is 190 Å². The molecule has 4 heterocycles. The Balaban J connectivity index is 1.70. The Morgan fingerprint density at radius 3 is 2.84 bits per heavy atom. The Kier molecular flexibility index (Phi) is 5.53. The maximum atomic E-state index is 11.6. The number of aryl methyl sites for hydroxylation is 2. The Morgan fingerprint density at radius 1 is 1.22 bits per heavy atom. The minimum atomic E-state index is -0.117. The van der Waals surface area contributed by atoms with Crippen molar-refractivity contribution < 1.29 is 4.79 Å². The Hall–Kier alpha value is -3.39. The molecule has 4 aromatic rings. The normalized spacial score (nSPS) is 12.7. The molecule has 1 N–H and O–H groups in total. The summed E-state index contributed by atoms with van der Waals surface area (Å²) in [5.41, 5.74) is 7.18. The molecule has 162 valence electrons. The lowest BCUT2D eigenvalue weighted by Gasteiger charge is -2.06. The van der Waals surface area contributed by atoms with Crippen LogP contribution in [0, 0.1) is 0 Å². The molecule has 5 rings (SSSR count). The minimum Gasteiger partial charge on any atom is -0.302 e. The third kappa shape index (κ3) is 3.82. The first-order valence-electron chi connectivity index (χ1n) is 10.9. The maximum Gasteiger partial charge on any atom is 0.223 e. The molecule has 1 aliphatic carbocycles. The zero-order valence-electron chi connectivity index (χ0n) is 18.1. The lowest BCUT2D eigenvalue weighted by atomic mass is 10.0. The van der Waals surface area contributed by atoms with Gasteiger partial charge in [-0.3, -0.25) is 14.8 Å². The van der Waals surface area contributed by atoms with Crippen LogP contribution in [0.5, 0.6) is 0 Å². The predicted molar refractivity (Wildman–Crippen MR) is 126 cm³/mol. The monoisotopic (exact) mass is 444 g/mol. The quantitative estimate of drug-likeness (QED) is 0.475. The highest BCUT2D eigenvalue weighted by Crippen LogP contribution is 2.43. The van der Waals surface area contributed by atoms with E-state index in [9.17, 15) is 4.79 Å². The number of hydrogen-bond acceptors (Lipinski definition) is 6. The van der Waals surface area contributed by atoms with Crippen LogP contribution in [-0.2, 0) is 24.1 Å². The third-order valence-electron chi connectivity index (χ3n) is 5.51. The van der Waals surface area contributed by atoms with E-state index in [0.717, 1.165) is 71.0 Å². The van der Waals surface area contributed by atoms with Crippen molar-refractivity contribution in [3.8, 4) is 27.5 Å². The molecule has 7 nitrogen and oxygen atoms in total. The fourth-order valence-corrected chi connectivity index (χ4v) is 5.25. The van der Waals surface area contributed by atoms with E-state index in [1.807, 2.05) is 29.2 Å². The van der Waals surface area contributed by atoms with E-state index in [0.29, 0.717) is 5.13 Å². The van der Waals surface area contributed by atoms with Gasteiger partial charge in [0, 0.05) is 36.1 Å². The van der Waals surface area contributed by atoms with E-state index in [-0.39, 0.29) is 5.91 Å². The Morgan fingerprint density at radius 2 is 2.12 bits per heavy atom. The average Bonchev–Trinajstić information content (AvgIpc) is 3.31. The molecule has 0 atom stereocenters. The van der Waals surface area contributed by atoms with Crippen molar-refractivity contribution in [3.05, 3.63) is 59.8 Å². The van der Waals surface area contributed by atoms with Gasteiger partial charge in [0.15, 0.2) is 5.13 Å². The van der Waals surface area contributed by atoms with Gasteiger partial charge in [-0.05, 0) is 49.9 Å². The molecule has 0 saturated carbocycles. The number of thiazole rings is 1. The van der Waals surface area contributed by atoms with Gasteiger partial charge in [-0.25, -0.2) is 9.67 Å². The zero-order chi connectivity index (χ0) is 22.1. The highest BCUT2D eigenvalue weighted by Gasteiger charge is 2.28. The average molecular weight is 445 g/mol. The summed E-state index contributed by atoms with van der Waals surface area (Å²) in [6.45, 7) is 3.66. The van der Waals surface area contributed by atoms with Crippen LogP contribution in [0.4, 0.5) is 5.13 Å². The van der Waals surface area contributed by atoms with Crippen LogP contribution >= 0.6 is 11.3 Å². The van der Waals surface area contributed by atoms with Crippen LogP contribution in [0.2, 0.25) is 0 Å². The highest BCUT2D eigenvalue weighted by molar-refractivity contribution is 7.19. The van der Waals surface area contributed by atoms with Crippen molar-refractivity contribution in [3.63, 3.8) is 0 Å². The van der Waals surface area contributed by atoms with Crippen LogP contribution in [0.15, 0.2) is 42.9 Å². The summed E-state index contributed by atoms with van der Waals surface area (Å²) in [5, 5.41) is 8.52. The summed E-state index contributed by atoms with van der Waals surface area (Å²) in [6.07, 6.45) is 10.3. The van der Waals surface area contributed by atoms with Crippen LogP contribution in [0.3, 0.4) is 0 Å². The number of hydrogen-bond donors (Lipinski definition) is 1. The number of amides is 1. The number of anilines is 1. The van der Waals surface area contributed by atoms with Gasteiger partial charge in [-0.2, -0.15) is 5.10 Å². The maximum absolute atomic E-state index is 11.6. The SMILES string of the molecule is CCCc1ccc(-c2nn(-c3cccnc3)c3c2CCCc2nc(NC(C)=O)sc2-3)cn1. The largest absolute Gasteiger partial charge is 0.302 e. The number of carbonyl (C=O) groups excluding carboxylic acids is 1. The van der Waals surface area contributed by atoms with E-state index in [4.69, 9.17) is 10.1 Å². The molecule has 0 unspecified atom stereocenters. The van der Waals surface area contributed by atoms with E-state index in [2.05, 4.69) is 34.3 Å². The fourth-order valence-electron chi connectivity index (χ4n) is 4.13. The molecule has 0 fully saturated rings. The van der Waals surface area contributed by atoms with E-state index >= 15 is 0 Å². The van der Waals surface area contributed by atoms with Crippen LogP contribution in [0.1, 0.15) is 43.6 Å². The summed E-state index contributed by atoms with van der Waals surface area (Å²) >= 11 is 1.51. The van der Waals surface area contributed by atoms with E-state index in [1.165, 1.54) is 23.8 Å². The lowest BCUT2D eigenvalue weighted by molar-refractivity contribution is -0.114. The molecule has 0 radical (unpaired) electrons. The minimum absolute atomic E-state index is 0.117. The molecule has 32 heavy (non-hydrogen) atoms. The van der Waals surface area contributed by atoms with Gasteiger partial charge < -0.3 is 5.32 Å². The number of fused-ring (bicyclic) bond motifs is 3. The standard InChI is InChI=1S/C24H24N6OS/c1-3-6-17-11-10-16(13-26-17)21-19-8-4-9-20-23(32-24(28-20)27-15(2)31)22(19)30(29-21)18-7-5-12-25-14-18/h5,7,10-14H,3-4,6,8-9H2,1-2H3,(H,27,28,31). The van der Waals surface area contributed by atoms with Gasteiger partial charge in [-0.15, -0.1) is 0 Å². The molecule has 0 bridgehead atoms. The molecule has 0 spiro atoms. The van der Waals surface area contributed by atoms with Crippen LogP contribution in [-0.4, -0.2) is 30.6 Å². The second-order valence-electron chi connectivity index (χ2n) is 7.92. The van der Waals surface area contributed by atoms with Gasteiger partial charge in [0.1, 0.15) is 0 Å². The molecular formula is C24H24N6OS. The molecular weight excluding hydrogens is 420 g/mol. The smallest absolute Gasteiger partial charge is 0.223 e. The zero-order valence-corrected chi connectivity index (χ0v) is 18.9. The molecule has 0 aliphatic heterocycles. The number of aromatic nitrogens is 5. The van der Waals surface area contributed by atoms with Crippen LogP contribution < -0.4 is 5.32 Å². The van der Waals surface area contributed by atoms with Gasteiger partial charge >= 0.3 is 0 Å². The van der Waals surface area contributed by atoms with Gasteiger partial charge in [0.05, 0.1) is 33.8 Å². The summed E-state index contributed by atoms with van der Waals surface area (Å²) in [4.78, 5) is 26.4. The second kappa shape index (κ2) is 8.63. The number of rotatable bonds is 5. The first-order chi connectivity index (χ1) is 15.6. The van der Waals surface area contributed by atoms with Crippen molar-refractivity contribution in [2.75, 3.05) is 5.32 Å². The number of nitrogens with one attached hydrogen (secondary N) is 1. The second-order valence-corrected chi connectivity index (χ2v) is 8.92. The topological polar surface area (TPSA) is 85.6 Å². The van der Waals surface area contributed by atoms with Crippen molar-refractivity contribution in [1.82, 2.24) is 24.7 Å². The molecule has 4 aromatic heterocycles. The van der Waals surface area contributed by atoms with E-state index < -0.39 is 0 Å². The van der Waals surface area contributed by atoms with Crippen molar-refractivity contribution >= 4 is 22.4 Å². The molecule has 8 heteroatoms. The van der Waals surface area contributed by atoms with Gasteiger partial charge in [0.2, 0.25) is 5.91 Å². The van der Waals surface area contributed by atoms with Crippen molar-refractivity contribution in [2.45, 2.75) is 46.0 Å². The summed E-state index contributed by atoms with van der Waals surface area (Å²) in [7, 11) is 0. The highest BCUT2D eigenvalue weighted by atomic mass is 32.1.